The molecule has 134 valence electrons. The van der Waals surface area contributed by atoms with E-state index in [2.05, 4.69) is 28.0 Å². The van der Waals surface area contributed by atoms with Gasteiger partial charge in [-0.15, -0.1) is 0 Å². The molecule has 1 aromatic carbocycles. The Morgan fingerprint density at radius 1 is 1.20 bits per heavy atom. The minimum atomic E-state index is 0.204. The molecule has 1 aliphatic heterocycles. The Morgan fingerprint density at radius 3 is 2.56 bits per heavy atom. The lowest BCUT2D eigenvalue weighted by atomic mass is 10.1. The van der Waals surface area contributed by atoms with Gasteiger partial charge in [-0.1, -0.05) is 43.3 Å². The lowest BCUT2D eigenvalue weighted by Crippen LogP contribution is -2.48. The molecule has 6 nitrogen and oxygen atoms in total. The van der Waals surface area contributed by atoms with Crippen LogP contribution in [0.25, 0.3) is 0 Å². The van der Waals surface area contributed by atoms with E-state index in [1.165, 1.54) is 5.56 Å². The molecule has 1 aromatic heterocycles. The molecule has 0 atom stereocenters. The molecule has 1 saturated heterocycles. The summed E-state index contributed by atoms with van der Waals surface area (Å²) in [6.45, 7) is 9.98. The first-order valence-corrected chi connectivity index (χ1v) is 8.90. The smallest absolute Gasteiger partial charge is 0.229 e. The van der Waals surface area contributed by atoms with Crippen molar-refractivity contribution < 1.29 is 9.32 Å². The molecule has 25 heavy (non-hydrogen) atoms. The average molecular weight is 342 g/mol. The van der Waals surface area contributed by atoms with Crippen molar-refractivity contribution in [3.05, 3.63) is 47.1 Å². The zero-order valence-corrected chi connectivity index (χ0v) is 15.2. The average Bonchev–Trinajstić information content (AvgIpc) is 3.06. The van der Waals surface area contributed by atoms with Gasteiger partial charge >= 0.3 is 0 Å². The van der Waals surface area contributed by atoms with Crippen LogP contribution < -0.4 is 0 Å². The summed E-state index contributed by atoms with van der Waals surface area (Å²) >= 11 is 0. The number of rotatable bonds is 5. The van der Waals surface area contributed by atoms with Crippen LogP contribution in [0.1, 0.15) is 42.6 Å². The summed E-state index contributed by atoms with van der Waals surface area (Å²) in [5.74, 6) is 1.86. The fourth-order valence-electron chi connectivity index (χ4n) is 3.00. The molecule has 1 fully saturated rings. The van der Waals surface area contributed by atoms with Gasteiger partial charge in [0.15, 0.2) is 5.82 Å². The summed E-state index contributed by atoms with van der Waals surface area (Å²) in [6.07, 6.45) is 0.481. The predicted octanol–water partition coefficient (Wildman–Crippen LogP) is 2.39. The largest absolute Gasteiger partial charge is 0.340 e. The fourth-order valence-corrected chi connectivity index (χ4v) is 3.00. The molecule has 3 rings (SSSR count). The van der Waals surface area contributed by atoms with E-state index < -0.39 is 0 Å². The molecule has 0 radical (unpaired) electrons. The number of benzene rings is 1. The highest BCUT2D eigenvalue weighted by atomic mass is 16.5. The maximum Gasteiger partial charge on any atom is 0.229 e. The summed E-state index contributed by atoms with van der Waals surface area (Å²) in [5.41, 5.74) is 2.29. The van der Waals surface area contributed by atoms with Gasteiger partial charge in [0, 0.05) is 32.1 Å². The molecular formula is C19H26N4O2. The SMILES string of the molecule is Cc1ccccc1CC(=O)N1CCN(Cc2noc(C(C)C)n2)CC1. The van der Waals surface area contributed by atoms with Gasteiger partial charge in [0.05, 0.1) is 13.0 Å². The van der Waals surface area contributed by atoms with Crippen molar-refractivity contribution in [3.63, 3.8) is 0 Å². The van der Waals surface area contributed by atoms with Crippen LogP contribution in [-0.4, -0.2) is 52.0 Å². The highest BCUT2D eigenvalue weighted by Gasteiger charge is 2.23. The van der Waals surface area contributed by atoms with Crippen molar-refractivity contribution in [3.8, 4) is 0 Å². The molecule has 0 spiro atoms. The van der Waals surface area contributed by atoms with E-state index >= 15 is 0 Å². The second-order valence-corrected chi connectivity index (χ2v) is 6.96. The number of aromatic nitrogens is 2. The van der Waals surface area contributed by atoms with Crippen LogP contribution in [0.15, 0.2) is 28.8 Å². The molecule has 0 N–H and O–H groups in total. The van der Waals surface area contributed by atoms with Crippen LogP contribution >= 0.6 is 0 Å². The fraction of sp³-hybridized carbons (Fsp3) is 0.526. The van der Waals surface area contributed by atoms with Crippen LogP contribution in [0, 0.1) is 6.92 Å². The number of hydrogen-bond acceptors (Lipinski definition) is 5. The summed E-state index contributed by atoms with van der Waals surface area (Å²) in [5, 5.41) is 4.04. The zero-order valence-electron chi connectivity index (χ0n) is 15.2. The first-order valence-electron chi connectivity index (χ1n) is 8.90. The van der Waals surface area contributed by atoms with Gasteiger partial charge in [0.25, 0.3) is 0 Å². The number of aryl methyl sites for hydroxylation is 1. The maximum atomic E-state index is 12.5. The Bertz CT molecular complexity index is 718. The molecule has 1 amide bonds. The lowest BCUT2D eigenvalue weighted by molar-refractivity contribution is -0.132. The van der Waals surface area contributed by atoms with E-state index in [9.17, 15) is 4.79 Å². The number of carbonyl (C=O) groups excluding carboxylic acids is 1. The third-order valence-electron chi connectivity index (χ3n) is 4.67. The predicted molar refractivity (Wildman–Crippen MR) is 95.1 cm³/mol. The van der Waals surface area contributed by atoms with Crippen LogP contribution in [-0.2, 0) is 17.8 Å². The normalized spacial score (nSPS) is 15.8. The van der Waals surface area contributed by atoms with Crippen LogP contribution in [0.2, 0.25) is 0 Å². The van der Waals surface area contributed by atoms with Gasteiger partial charge in [-0.3, -0.25) is 9.69 Å². The Labute approximate surface area is 148 Å². The van der Waals surface area contributed by atoms with Gasteiger partial charge < -0.3 is 9.42 Å². The van der Waals surface area contributed by atoms with Crippen LogP contribution in [0.5, 0.6) is 0 Å². The quantitative estimate of drug-likeness (QED) is 0.835. The molecule has 6 heteroatoms. The van der Waals surface area contributed by atoms with E-state index in [-0.39, 0.29) is 11.8 Å². The molecular weight excluding hydrogens is 316 g/mol. The number of amides is 1. The molecule has 1 aliphatic rings. The molecule has 0 bridgehead atoms. The Hall–Kier alpha value is -2.21. The molecule has 0 aliphatic carbocycles. The molecule has 0 saturated carbocycles. The van der Waals surface area contributed by atoms with Crippen LogP contribution in [0.4, 0.5) is 0 Å². The number of piperazine rings is 1. The van der Waals surface area contributed by atoms with E-state index in [0.717, 1.165) is 37.6 Å². The van der Waals surface area contributed by atoms with Gasteiger partial charge in [-0.05, 0) is 18.1 Å². The lowest BCUT2D eigenvalue weighted by Gasteiger charge is -2.34. The second kappa shape index (κ2) is 7.78. The Balaban J connectivity index is 1.49. The number of carbonyl (C=O) groups is 1. The highest BCUT2D eigenvalue weighted by Crippen LogP contribution is 2.14. The topological polar surface area (TPSA) is 62.5 Å². The van der Waals surface area contributed by atoms with Crippen molar-refractivity contribution in [1.82, 2.24) is 19.9 Å². The van der Waals surface area contributed by atoms with Gasteiger partial charge in [-0.2, -0.15) is 4.98 Å². The van der Waals surface area contributed by atoms with Crippen molar-refractivity contribution in [2.45, 2.75) is 39.7 Å². The summed E-state index contributed by atoms with van der Waals surface area (Å²) in [4.78, 5) is 21.2. The van der Waals surface area contributed by atoms with Gasteiger partial charge in [0.2, 0.25) is 11.8 Å². The standard InChI is InChI=1S/C19H26N4O2/c1-14(2)19-20-17(21-25-19)13-22-8-10-23(11-9-22)18(24)12-16-7-5-4-6-15(16)3/h4-7,14H,8-13H2,1-3H3. The van der Waals surface area contributed by atoms with Crippen LogP contribution in [0.3, 0.4) is 0 Å². The summed E-state index contributed by atoms with van der Waals surface area (Å²) in [7, 11) is 0. The van der Waals surface area contributed by atoms with Gasteiger partial charge in [-0.25, -0.2) is 0 Å². The highest BCUT2D eigenvalue weighted by molar-refractivity contribution is 5.79. The Kier molecular flexibility index (Phi) is 5.48. The van der Waals surface area contributed by atoms with Gasteiger partial charge in [0.1, 0.15) is 0 Å². The molecule has 2 aromatic rings. The molecule has 2 heterocycles. The minimum Gasteiger partial charge on any atom is -0.340 e. The second-order valence-electron chi connectivity index (χ2n) is 6.96. The minimum absolute atomic E-state index is 0.204. The summed E-state index contributed by atoms with van der Waals surface area (Å²) < 4.78 is 5.25. The van der Waals surface area contributed by atoms with Crippen molar-refractivity contribution in [2.75, 3.05) is 26.2 Å². The van der Waals surface area contributed by atoms with E-state index in [4.69, 9.17) is 4.52 Å². The first-order chi connectivity index (χ1) is 12.0. The van der Waals surface area contributed by atoms with E-state index in [1.54, 1.807) is 0 Å². The monoisotopic (exact) mass is 342 g/mol. The van der Waals surface area contributed by atoms with Crippen molar-refractivity contribution >= 4 is 5.91 Å². The summed E-state index contributed by atoms with van der Waals surface area (Å²) in [6, 6.07) is 8.08. The maximum absolute atomic E-state index is 12.5. The van der Waals surface area contributed by atoms with Crippen molar-refractivity contribution in [2.24, 2.45) is 0 Å². The van der Waals surface area contributed by atoms with E-state index in [1.807, 2.05) is 36.9 Å². The zero-order chi connectivity index (χ0) is 17.8. The first kappa shape index (κ1) is 17.6. The number of hydrogen-bond donors (Lipinski definition) is 0. The van der Waals surface area contributed by atoms with E-state index in [0.29, 0.717) is 18.9 Å². The molecule has 0 unspecified atom stereocenters. The Morgan fingerprint density at radius 2 is 1.92 bits per heavy atom. The van der Waals surface area contributed by atoms with Crippen molar-refractivity contribution in [1.29, 1.82) is 0 Å². The third kappa shape index (κ3) is 4.45. The third-order valence-corrected chi connectivity index (χ3v) is 4.67. The number of nitrogens with zero attached hydrogens (tertiary/aromatic N) is 4.